The van der Waals surface area contributed by atoms with Gasteiger partial charge in [0.25, 0.3) is 0 Å². The van der Waals surface area contributed by atoms with E-state index in [2.05, 4.69) is 46.8 Å². The molecule has 1 atom stereocenters. The van der Waals surface area contributed by atoms with Crippen molar-refractivity contribution >= 4 is 0 Å². The molecule has 0 amide bonds. The normalized spacial score (nSPS) is 24.2. The summed E-state index contributed by atoms with van der Waals surface area (Å²) in [6.07, 6.45) is 1.75. The highest BCUT2D eigenvalue weighted by atomic mass is 16.3. The Kier molecular flexibility index (Phi) is 2.81. The molecule has 1 unspecified atom stereocenters. The molecule has 0 spiro atoms. The smallest absolute Gasteiger partial charge is 0.109 e. The van der Waals surface area contributed by atoms with Crippen molar-refractivity contribution in [2.75, 3.05) is 0 Å². The van der Waals surface area contributed by atoms with Gasteiger partial charge in [-0.15, -0.1) is 0 Å². The van der Waals surface area contributed by atoms with Crippen LogP contribution in [0, 0.1) is 5.92 Å². The predicted molar refractivity (Wildman–Crippen MR) is 70.0 cm³/mol. The average molecular weight is 233 g/mol. The second-order valence-electron chi connectivity index (χ2n) is 6.53. The van der Waals surface area contributed by atoms with Crippen LogP contribution in [0.2, 0.25) is 0 Å². The first-order valence-corrected chi connectivity index (χ1v) is 6.48. The van der Waals surface area contributed by atoms with Crippen LogP contribution in [0.5, 0.6) is 0 Å². The fourth-order valence-corrected chi connectivity index (χ4v) is 2.49. The number of hydrogen-bond donors (Lipinski definition) is 1. The fraction of sp³-hybridized carbons (Fsp3) is 0.667. The number of rotatable bonds is 1. The summed E-state index contributed by atoms with van der Waals surface area (Å²) < 4.78 is 0. The molecule has 94 valence electrons. The van der Waals surface area contributed by atoms with Gasteiger partial charge in [0, 0.05) is 11.1 Å². The van der Waals surface area contributed by atoms with Crippen LogP contribution in [0.25, 0.3) is 0 Å². The largest absolute Gasteiger partial charge is 0.383 e. The SMILES string of the molecule is CC(C)C1(O)CCc2ccc(C(C)(C)C)nc21. The zero-order valence-corrected chi connectivity index (χ0v) is 11.5. The first kappa shape index (κ1) is 12.6. The highest BCUT2D eigenvalue weighted by Gasteiger charge is 2.41. The first-order valence-electron chi connectivity index (χ1n) is 6.48. The standard InChI is InChI=1S/C15H23NO/c1-10(2)15(17)9-8-11-6-7-12(14(3,4)5)16-13(11)15/h6-7,10,17H,8-9H2,1-5H3. The van der Waals surface area contributed by atoms with Crippen molar-refractivity contribution in [2.24, 2.45) is 5.92 Å². The molecule has 2 nitrogen and oxygen atoms in total. The topological polar surface area (TPSA) is 33.1 Å². The number of aromatic nitrogens is 1. The van der Waals surface area contributed by atoms with Gasteiger partial charge in [-0.1, -0.05) is 40.7 Å². The van der Waals surface area contributed by atoms with Gasteiger partial charge in [-0.2, -0.15) is 0 Å². The lowest BCUT2D eigenvalue weighted by Crippen LogP contribution is -2.31. The number of fused-ring (bicyclic) bond motifs is 1. The lowest BCUT2D eigenvalue weighted by Gasteiger charge is -2.29. The Hall–Kier alpha value is -0.890. The molecule has 1 aliphatic carbocycles. The van der Waals surface area contributed by atoms with Gasteiger partial charge in [0.2, 0.25) is 0 Å². The maximum absolute atomic E-state index is 10.7. The summed E-state index contributed by atoms with van der Waals surface area (Å²) in [6, 6.07) is 4.24. The van der Waals surface area contributed by atoms with Crippen molar-refractivity contribution < 1.29 is 5.11 Å². The van der Waals surface area contributed by atoms with Crippen molar-refractivity contribution in [1.82, 2.24) is 4.98 Å². The lowest BCUT2D eigenvalue weighted by atomic mass is 9.86. The Morgan fingerprint density at radius 3 is 2.47 bits per heavy atom. The lowest BCUT2D eigenvalue weighted by molar-refractivity contribution is -0.0121. The highest BCUT2D eigenvalue weighted by molar-refractivity contribution is 5.34. The Morgan fingerprint density at radius 2 is 1.94 bits per heavy atom. The van der Waals surface area contributed by atoms with Crippen LogP contribution in [-0.2, 0) is 17.4 Å². The molecule has 0 saturated carbocycles. The second-order valence-corrected chi connectivity index (χ2v) is 6.53. The van der Waals surface area contributed by atoms with Crippen molar-refractivity contribution in [1.29, 1.82) is 0 Å². The van der Waals surface area contributed by atoms with Crippen molar-refractivity contribution in [3.8, 4) is 0 Å². The molecule has 1 aromatic heterocycles. The molecular weight excluding hydrogens is 210 g/mol. The zero-order valence-electron chi connectivity index (χ0n) is 11.5. The van der Waals surface area contributed by atoms with E-state index < -0.39 is 5.60 Å². The molecule has 0 aliphatic heterocycles. The van der Waals surface area contributed by atoms with Crippen LogP contribution in [0.4, 0.5) is 0 Å². The van der Waals surface area contributed by atoms with Crippen LogP contribution in [0.1, 0.15) is 58.0 Å². The summed E-state index contributed by atoms with van der Waals surface area (Å²) in [6.45, 7) is 10.6. The van der Waals surface area contributed by atoms with E-state index in [4.69, 9.17) is 4.98 Å². The first-order chi connectivity index (χ1) is 7.75. The van der Waals surface area contributed by atoms with Gasteiger partial charge in [-0.25, -0.2) is 0 Å². The van der Waals surface area contributed by atoms with E-state index in [0.29, 0.717) is 0 Å². The summed E-state index contributed by atoms with van der Waals surface area (Å²) >= 11 is 0. The summed E-state index contributed by atoms with van der Waals surface area (Å²) in [5, 5.41) is 10.7. The van der Waals surface area contributed by atoms with Crippen LogP contribution >= 0.6 is 0 Å². The van der Waals surface area contributed by atoms with Gasteiger partial charge in [0.15, 0.2) is 0 Å². The molecule has 17 heavy (non-hydrogen) atoms. The van der Waals surface area contributed by atoms with Gasteiger partial charge in [-0.05, 0) is 30.4 Å². The number of aryl methyl sites for hydroxylation is 1. The second kappa shape index (κ2) is 3.81. The number of pyridine rings is 1. The van der Waals surface area contributed by atoms with Gasteiger partial charge >= 0.3 is 0 Å². The zero-order chi connectivity index (χ0) is 12.8. The van der Waals surface area contributed by atoms with E-state index in [1.807, 2.05) is 0 Å². The predicted octanol–water partition coefficient (Wildman–Crippen LogP) is 3.17. The Morgan fingerprint density at radius 1 is 1.29 bits per heavy atom. The molecular formula is C15H23NO. The fourth-order valence-electron chi connectivity index (χ4n) is 2.49. The maximum Gasteiger partial charge on any atom is 0.109 e. The molecule has 0 aromatic carbocycles. The summed E-state index contributed by atoms with van der Waals surface area (Å²) in [5.74, 6) is 0.214. The monoisotopic (exact) mass is 233 g/mol. The summed E-state index contributed by atoms with van der Waals surface area (Å²) in [5.41, 5.74) is 2.51. The third-order valence-electron chi connectivity index (χ3n) is 3.89. The van der Waals surface area contributed by atoms with Crippen molar-refractivity contribution in [3.63, 3.8) is 0 Å². The molecule has 2 heteroatoms. The number of hydrogen-bond acceptors (Lipinski definition) is 2. The minimum absolute atomic E-state index is 0.0372. The third-order valence-corrected chi connectivity index (χ3v) is 3.89. The highest BCUT2D eigenvalue weighted by Crippen LogP contribution is 2.41. The van der Waals surface area contributed by atoms with E-state index in [-0.39, 0.29) is 11.3 Å². The van der Waals surface area contributed by atoms with Crippen molar-refractivity contribution in [2.45, 2.75) is 58.5 Å². The maximum atomic E-state index is 10.7. The molecule has 0 saturated heterocycles. The van der Waals surface area contributed by atoms with E-state index in [1.165, 1.54) is 5.56 Å². The van der Waals surface area contributed by atoms with E-state index in [9.17, 15) is 5.11 Å². The Labute approximate surface area is 104 Å². The van der Waals surface area contributed by atoms with E-state index in [1.54, 1.807) is 0 Å². The van der Waals surface area contributed by atoms with Gasteiger partial charge in [0.05, 0.1) is 5.69 Å². The summed E-state index contributed by atoms with van der Waals surface area (Å²) in [7, 11) is 0. The third kappa shape index (κ3) is 1.99. The van der Waals surface area contributed by atoms with Gasteiger partial charge in [0.1, 0.15) is 5.60 Å². The molecule has 0 radical (unpaired) electrons. The Balaban J connectivity index is 2.52. The quantitative estimate of drug-likeness (QED) is 0.808. The van der Waals surface area contributed by atoms with Crippen LogP contribution < -0.4 is 0 Å². The minimum atomic E-state index is -0.726. The number of aliphatic hydroxyl groups is 1. The van der Waals surface area contributed by atoms with Crippen LogP contribution in [0.3, 0.4) is 0 Å². The van der Waals surface area contributed by atoms with Crippen molar-refractivity contribution in [3.05, 3.63) is 29.1 Å². The molecule has 1 aliphatic rings. The van der Waals surface area contributed by atoms with Gasteiger partial charge in [-0.3, -0.25) is 4.98 Å². The molecule has 0 bridgehead atoms. The average Bonchev–Trinajstić information content (AvgIpc) is 2.56. The molecule has 1 N–H and O–H groups in total. The summed E-state index contributed by atoms with van der Waals surface area (Å²) in [4.78, 5) is 4.75. The van der Waals surface area contributed by atoms with Crippen LogP contribution in [-0.4, -0.2) is 10.1 Å². The molecule has 2 rings (SSSR count). The van der Waals surface area contributed by atoms with Gasteiger partial charge < -0.3 is 5.11 Å². The Bertz CT molecular complexity index is 431. The number of nitrogens with zero attached hydrogens (tertiary/aromatic N) is 1. The van der Waals surface area contributed by atoms with E-state index in [0.717, 1.165) is 24.2 Å². The molecule has 1 heterocycles. The molecule has 1 aromatic rings. The molecule has 0 fully saturated rings. The minimum Gasteiger partial charge on any atom is -0.383 e. The van der Waals surface area contributed by atoms with E-state index >= 15 is 0 Å². The van der Waals surface area contributed by atoms with Crippen LogP contribution in [0.15, 0.2) is 12.1 Å².